The number of nitrogens with zero attached hydrogens (tertiary/aromatic N) is 1. The van der Waals surface area contributed by atoms with E-state index in [0.29, 0.717) is 5.92 Å². The van der Waals surface area contributed by atoms with E-state index in [2.05, 4.69) is 34.7 Å². The second-order valence-corrected chi connectivity index (χ2v) is 7.13. The molecule has 1 heterocycles. The van der Waals surface area contributed by atoms with Gasteiger partial charge in [0.15, 0.2) is 5.96 Å². The van der Waals surface area contributed by atoms with Crippen LogP contribution in [-0.2, 0) is 15.9 Å². The molecular formula is C22H37N3O3. The molecule has 1 saturated heterocycles. The molecule has 1 fully saturated rings. The Morgan fingerprint density at radius 2 is 2.07 bits per heavy atom. The molecule has 6 nitrogen and oxygen atoms in total. The molecule has 0 radical (unpaired) electrons. The van der Waals surface area contributed by atoms with Crippen molar-refractivity contribution >= 4 is 5.96 Å². The summed E-state index contributed by atoms with van der Waals surface area (Å²) in [7, 11) is 1.70. The number of hydrogen-bond acceptors (Lipinski definition) is 4. The fourth-order valence-corrected chi connectivity index (χ4v) is 3.19. The van der Waals surface area contributed by atoms with Crippen LogP contribution >= 0.6 is 0 Å². The van der Waals surface area contributed by atoms with Crippen LogP contribution in [-0.4, -0.2) is 59.1 Å². The summed E-state index contributed by atoms with van der Waals surface area (Å²) in [5, 5.41) is 6.70. The highest BCUT2D eigenvalue weighted by Crippen LogP contribution is 2.15. The standard InChI is InChI=1S/C22H37N3O3/c1-3-23-22(24-12-5-8-19-7-4-9-21(17-19)26-2)25-13-6-14-28-18-20-10-15-27-16-11-20/h4,7,9,17,20H,3,5-6,8,10-16,18H2,1-2H3,(H2,23,24,25). The highest BCUT2D eigenvalue weighted by molar-refractivity contribution is 5.79. The number of hydrogen-bond donors (Lipinski definition) is 2. The molecule has 0 spiro atoms. The molecule has 0 aromatic heterocycles. The zero-order chi connectivity index (χ0) is 19.9. The first kappa shape index (κ1) is 22.5. The van der Waals surface area contributed by atoms with Crippen molar-refractivity contribution < 1.29 is 14.2 Å². The van der Waals surface area contributed by atoms with Crippen molar-refractivity contribution in [2.24, 2.45) is 10.9 Å². The van der Waals surface area contributed by atoms with Crippen molar-refractivity contribution in [2.75, 3.05) is 53.2 Å². The maximum atomic E-state index is 5.82. The van der Waals surface area contributed by atoms with E-state index in [-0.39, 0.29) is 0 Å². The Morgan fingerprint density at radius 1 is 1.21 bits per heavy atom. The molecular weight excluding hydrogens is 354 g/mol. The molecule has 0 aliphatic carbocycles. The zero-order valence-corrected chi connectivity index (χ0v) is 17.5. The Labute approximate surface area is 170 Å². The molecule has 1 aliphatic heterocycles. The van der Waals surface area contributed by atoms with Gasteiger partial charge in [0.05, 0.1) is 7.11 Å². The molecule has 0 amide bonds. The van der Waals surface area contributed by atoms with Crippen LogP contribution in [0.1, 0.15) is 38.2 Å². The van der Waals surface area contributed by atoms with E-state index >= 15 is 0 Å². The summed E-state index contributed by atoms with van der Waals surface area (Å²) in [6, 6.07) is 8.23. The highest BCUT2D eigenvalue weighted by atomic mass is 16.5. The number of aryl methyl sites for hydroxylation is 1. The summed E-state index contributed by atoms with van der Waals surface area (Å²) in [5.74, 6) is 2.47. The molecule has 28 heavy (non-hydrogen) atoms. The second kappa shape index (κ2) is 14.2. The Morgan fingerprint density at radius 3 is 2.86 bits per heavy atom. The molecule has 1 aliphatic rings. The molecule has 158 valence electrons. The van der Waals surface area contributed by atoms with Gasteiger partial charge in [-0.05, 0) is 62.6 Å². The zero-order valence-electron chi connectivity index (χ0n) is 17.5. The average Bonchev–Trinajstić information content (AvgIpc) is 2.74. The third kappa shape index (κ3) is 9.42. The minimum absolute atomic E-state index is 0.671. The fourth-order valence-electron chi connectivity index (χ4n) is 3.19. The van der Waals surface area contributed by atoms with Crippen LogP contribution in [0, 0.1) is 5.92 Å². The van der Waals surface area contributed by atoms with Gasteiger partial charge < -0.3 is 24.8 Å². The van der Waals surface area contributed by atoms with Crippen LogP contribution in [0.2, 0.25) is 0 Å². The predicted octanol–water partition coefficient (Wildman–Crippen LogP) is 3.02. The van der Waals surface area contributed by atoms with Crippen LogP contribution in [0.15, 0.2) is 29.3 Å². The number of guanidine groups is 1. The van der Waals surface area contributed by atoms with Gasteiger partial charge in [0.25, 0.3) is 0 Å². The van der Waals surface area contributed by atoms with E-state index in [1.807, 2.05) is 12.1 Å². The summed E-state index contributed by atoms with van der Waals surface area (Å²) in [5.41, 5.74) is 1.29. The summed E-state index contributed by atoms with van der Waals surface area (Å²) < 4.78 is 16.5. The lowest BCUT2D eigenvalue weighted by atomic mass is 10.0. The van der Waals surface area contributed by atoms with E-state index in [1.54, 1.807) is 7.11 Å². The lowest BCUT2D eigenvalue weighted by molar-refractivity contribution is 0.0203. The molecule has 2 rings (SSSR count). The van der Waals surface area contributed by atoms with Crippen molar-refractivity contribution in [2.45, 2.75) is 39.0 Å². The fraction of sp³-hybridized carbons (Fsp3) is 0.682. The Hall–Kier alpha value is -1.79. The van der Waals surface area contributed by atoms with Gasteiger partial charge in [-0.3, -0.25) is 4.99 Å². The number of benzene rings is 1. The summed E-state index contributed by atoms with van der Waals surface area (Å²) in [4.78, 5) is 4.67. The lowest BCUT2D eigenvalue weighted by Crippen LogP contribution is -2.38. The Bertz CT molecular complexity index is 560. The maximum Gasteiger partial charge on any atom is 0.191 e. The molecule has 0 atom stereocenters. The minimum atomic E-state index is 0.671. The number of aliphatic imine (C=N–C) groups is 1. The smallest absolute Gasteiger partial charge is 0.191 e. The van der Waals surface area contributed by atoms with Gasteiger partial charge in [0.1, 0.15) is 5.75 Å². The lowest BCUT2D eigenvalue weighted by Gasteiger charge is -2.21. The predicted molar refractivity (Wildman–Crippen MR) is 114 cm³/mol. The number of methoxy groups -OCH3 is 1. The van der Waals surface area contributed by atoms with Crippen molar-refractivity contribution in [3.8, 4) is 5.75 Å². The van der Waals surface area contributed by atoms with E-state index in [1.165, 1.54) is 5.56 Å². The number of rotatable bonds is 12. The van der Waals surface area contributed by atoms with Crippen molar-refractivity contribution in [3.63, 3.8) is 0 Å². The van der Waals surface area contributed by atoms with Crippen molar-refractivity contribution in [1.82, 2.24) is 10.6 Å². The summed E-state index contributed by atoms with van der Waals surface area (Å²) in [6.07, 6.45) is 5.26. The molecule has 1 aromatic rings. The highest BCUT2D eigenvalue weighted by Gasteiger charge is 2.13. The van der Waals surface area contributed by atoms with Crippen LogP contribution in [0.25, 0.3) is 0 Å². The Kier molecular flexibility index (Phi) is 11.4. The monoisotopic (exact) mass is 391 g/mol. The molecule has 0 bridgehead atoms. The molecule has 6 heteroatoms. The molecule has 1 aromatic carbocycles. The summed E-state index contributed by atoms with van der Waals surface area (Å²) >= 11 is 0. The topological polar surface area (TPSA) is 64.1 Å². The first-order valence-electron chi connectivity index (χ1n) is 10.6. The second-order valence-electron chi connectivity index (χ2n) is 7.13. The summed E-state index contributed by atoms with van der Waals surface area (Å²) in [6.45, 7) is 8.04. The molecule has 0 unspecified atom stereocenters. The average molecular weight is 392 g/mol. The van der Waals surface area contributed by atoms with Gasteiger partial charge in [-0.2, -0.15) is 0 Å². The number of nitrogens with one attached hydrogen (secondary N) is 2. The van der Waals surface area contributed by atoms with Gasteiger partial charge in [0.2, 0.25) is 0 Å². The van der Waals surface area contributed by atoms with Gasteiger partial charge in [-0.25, -0.2) is 0 Å². The minimum Gasteiger partial charge on any atom is -0.497 e. The molecule has 0 saturated carbocycles. The largest absolute Gasteiger partial charge is 0.497 e. The van der Waals surface area contributed by atoms with E-state index in [4.69, 9.17) is 14.2 Å². The van der Waals surface area contributed by atoms with E-state index in [0.717, 1.165) is 89.9 Å². The quantitative estimate of drug-likeness (QED) is 0.326. The van der Waals surface area contributed by atoms with Crippen molar-refractivity contribution in [1.29, 1.82) is 0 Å². The van der Waals surface area contributed by atoms with Crippen LogP contribution < -0.4 is 15.4 Å². The SMILES string of the molecule is CCNC(=NCCCc1cccc(OC)c1)NCCCOCC1CCOCC1. The van der Waals surface area contributed by atoms with Gasteiger partial charge in [-0.1, -0.05) is 12.1 Å². The third-order valence-corrected chi connectivity index (χ3v) is 4.82. The van der Waals surface area contributed by atoms with E-state index in [9.17, 15) is 0 Å². The van der Waals surface area contributed by atoms with E-state index < -0.39 is 0 Å². The van der Waals surface area contributed by atoms with Gasteiger partial charge >= 0.3 is 0 Å². The third-order valence-electron chi connectivity index (χ3n) is 4.82. The van der Waals surface area contributed by atoms with Gasteiger partial charge in [-0.15, -0.1) is 0 Å². The Balaban J connectivity index is 1.57. The number of ether oxygens (including phenoxy) is 3. The maximum absolute atomic E-state index is 5.82. The van der Waals surface area contributed by atoms with Crippen LogP contribution in [0.3, 0.4) is 0 Å². The normalized spacial score (nSPS) is 15.4. The molecule has 2 N–H and O–H groups in total. The first-order chi connectivity index (χ1) is 13.8. The first-order valence-corrected chi connectivity index (χ1v) is 10.6. The van der Waals surface area contributed by atoms with Crippen molar-refractivity contribution in [3.05, 3.63) is 29.8 Å². The van der Waals surface area contributed by atoms with Crippen LogP contribution in [0.5, 0.6) is 5.75 Å². The van der Waals surface area contributed by atoms with Gasteiger partial charge in [0, 0.05) is 46.1 Å². The van der Waals surface area contributed by atoms with Crippen LogP contribution in [0.4, 0.5) is 0 Å².